The number of likely N-dealkylation sites (tertiary alicyclic amines) is 1. The van der Waals surface area contributed by atoms with Crippen LogP contribution in [0.25, 0.3) is 0 Å². The Morgan fingerprint density at radius 2 is 2.00 bits per heavy atom. The lowest BCUT2D eigenvalue weighted by atomic mass is 9.87. The first-order valence-electron chi connectivity index (χ1n) is 7.56. The van der Waals surface area contributed by atoms with Crippen molar-refractivity contribution in [3.63, 3.8) is 0 Å². The van der Waals surface area contributed by atoms with Crippen LogP contribution in [0.15, 0.2) is 0 Å². The molecule has 1 heterocycles. The topological polar surface area (TPSA) is 78.6 Å². The molecule has 2 rings (SSSR count). The molecule has 4 N–H and O–H groups in total. The second kappa shape index (κ2) is 7.22. The van der Waals surface area contributed by atoms with Crippen molar-refractivity contribution in [3.8, 4) is 0 Å². The Hall–Kier alpha value is -0.650. The summed E-state index contributed by atoms with van der Waals surface area (Å²) in [4.78, 5) is 14.0. The Labute approximate surface area is 115 Å². The summed E-state index contributed by atoms with van der Waals surface area (Å²) in [5.74, 6) is 0.554. The lowest BCUT2D eigenvalue weighted by Gasteiger charge is -2.30. The Kier molecular flexibility index (Phi) is 5.60. The van der Waals surface area contributed by atoms with Crippen LogP contribution in [-0.4, -0.2) is 54.2 Å². The summed E-state index contributed by atoms with van der Waals surface area (Å²) in [6.07, 6.45) is 5.75. The van der Waals surface area contributed by atoms with Crippen molar-refractivity contribution in [2.45, 2.75) is 50.7 Å². The van der Waals surface area contributed by atoms with E-state index in [1.165, 1.54) is 0 Å². The van der Waals surface area contributed by atoms with Gasteiger partial charge >= 0.3 is 0 Å². The Morgan fingerprint density at radius 1 is 1.26 bits per heavy atom. The monoisotopic (exact) mass is 269 g/mol. The van der Waals surface area contributed by atoms with Crippen molar-refractivity contribution in [1.29, 1.82) is 0 Å². The van der Waals surface area contributed by atoms with E-state index in [4.69, 9.17) is 5.73 Å². The van der Waals surface area contributed by atoms with E-state index in [0.29, 0.717) is 25.0 Å². The maximum absolute atomic E-state index is 11.9. The van der Waals surface area contributed by atoms with Gasteiger partial charge in [0.2, 0.25) is 5.91 Å². The molecule has 0 spiro atoms. The van der Waals surface area contributed by atoms with Crippen molar-refractivity contribution in [3.05, 3.63) is 0 Å². The number of nitrogens with one attached hydrogen (secondary N) is 1. The summed E-state index contributed by atoms with van der Waals surface area (Å²) in [6, 6.07) is 0.308. The number of aliphatic hydroxyl groups is 1. The molecule has 2 aliphatic rings. The molecule has 2 unspecified atom stereocenters. The van der Waals surface area contributed by atoms with Crippen LogP contribution in [0, 0.1) is 5.92 Å². The van der Waals surface area contributed by atoms with Gasteiger partial charge in [-0.25, -0.2) is 0 Å². The Balaban J connectivity index is 1.61. The fraction of sp³-hybridized carbons (Fsp3) is 0.929. The summed E-state index contributed by atoms with van der Waals surface area (Å²) >= 11 is 0. The minimum absolute atomic E-state index is 0.107. The van der Waals surface area contributed by atoms with Crippen molar-refractivity contribution >= 4 is 5.91 Å². The van der Waals surface area contributed by atoms with Gasteiger partial charge in [-0.2, -0.15) is 0 Å². The van der Waals surface area contributed by atoms with E-state index in [-0.39, 0.29) is 12.0 Å². The second-order valence-corrected chi connectivity index (χ2v) is 6.10. The Morgan fingerprint density at radius 3 is 2.68 bits per heavy atom. The molecular formula is C14H27N3O2. The zero-order valence-electron chi connectivity index (χ0n) is 11.7. The minimum atomic E-state index is -0.167. The number of hydrogen-bond acceptors (Lipinski definition) is 4. The quantitative estimate of drug-likeness (QED) is 0.675. The minimum Gasteiger partial charge on any atom is -0.393 e. The SMILES string of the molecule is NC1CCN(CC(=O)NCC2CCCC(O)C2)CC1. The number of aliphatic hydroxyl groups excluding tert-OH is 1. The van der Waals surface area contributed by atoms with Gasteiger partial charge in [0.25, 0.3) is 0 Å². The molecule has 0 aromatic heterocycles. The predicted molar refractivity (Wildman–Crippen MR) is 74.6 cm³/mol. The molecule has 1 amide bonds. The van der Waals surface area contributed by atoms with Gasteiger partial charge in [-0.15, -0.1) is 0 Å². The van der Waals surface area contributed by atoms with Crippen LogP contribution in [-0.2, 0) is 4.79 Å². The molecule has 5 nitrogen and oxygen atoms in total. The summed E-state index contributed by atoms with van der Waals surface area (Å²) < 4.78 is 0. The maximum Gasteiger partial charge on any atom is 0.234 e. The smallest absolute Gasteiger partial charge is 0.234 e. The van der Waals surface area contributed by atoms with Gasteiger partial charge in [0.1, 0.15) is 0 Å². The van der Waals surface area contributed by atoms with Crippen LogP contribution in [0.1, 0.15) is 38.5 Å². The van der Waals surface area contributed by atoms with E-state index < -0.39 is 0 Å². The molecule has 0 aromatic carbocycles. The van der Waals surface area contributed by atoms with Gasteiger partial charge in [0, 0.05) is 25.7 Å². The van der Waals surface area contributed by atoms with Gasteiger partial charge in [0.05, 0.1) is 12.6 Å². The van der Waals surface area contributed by atoms with E-state index >= 15 is 0 Å². The predicted octanol–water partition coefficient (Wildman–Crippen LogP) is 0.0768. The summed E-state index contributed by atoms with van der Waals surface area (Å²) in [6.45, 7) is 3.05. The third kappa shape index (κ3) is 5.09. The van der Waals surface area contributed by atoms with E-state index in [0.717, 1.165) is 51.6 Å². The number of rotatable bonds is 4. The fourth-order valence-electron chi connectivity index (χ4n) is 3.08. The number of piperidine rings is 1. The van der Waals surface area contributed by atoms with Crippen molar-refractivity contribution in [1.82, 2.24) is 10.2 Å². The van der Waals surface area contributed by atoms with Gasteiger partial charge < -0.3 is 16.2 Å². The van der Waals surface area contributed by atoms with Gasteiger partial charge in [0.15, 0.2) is 0 Å². The first-order chi connectivity index (χ1) is 9.13. The second-order valence-electron chi connectivity index (χ2n) is 6.10. The van der Waals surface area contributed by atoms with Crippen LogP contribution in [0.3, 0.4) is 0 Å². The fourth-order valence-corrected chi connectivity index (χ4v) is 3.08. The first kappa shape index (κ1) is 14.8. The lowest BCUT2D eigenvalue weighted by molar-refractivity contribution is -0.122. The highest BCUT2D eigenvalue weighted by molar-refractivity contribution is 5.78. The zero-order valence-corrected chi connectivity index (χ0v) is 11.7. The Bertz CT molecular complexity index is 290. The average Bonchev–Trinajstić information content (AvgIpc) is 2.39. The largest absolute Gasteiger partial charge is 0.393 e. The lowest BCUT2D eigenvalue weighted by Crippen LogP contribution is -2.45. The van der Waals surface area contributed by atoms with Gasteiger partial charge in [-0.05, 0) is 38.0 Å². The summed E-state index contributed by atoms with van der Waals surface area (Å²) in [5.41, 5.74) is 5.85. The van der Waals surface area contributed by atoms with Crippen LogP contribution >= 0.6 is 0 Å². The molecule has 0 bridgehead atoms. The summed E-state index contributed by atoms with van der Waals surface area (Å²) in [5, 5.41) is 12.6. The molecule has 5 heteroatoms. The number of amides is 1. The molecule has 0 aromatic rings. The molecule has 1 aliphatic carbocycles. The van der Waals surface area contributed by atoms with Crippen molar-refractivity contribution < 1.29 is 9.90 Å². The molecule has 0 radical (unpaired) electrons. The molecular weight excluding hydrogens is 242 g/mol. The van der Waals surface area contributed by atoms with E-state index in [9.17, 15) is 9.90 Å². The molecule has 110 valence electrons. The number of nitrogens with zero attached hydrogens (tertiary/aromatic N) is 1. The van der Waals surface area contributed by atoms with Gasteiger partial charge in [-0.1, -0.05) is 6.42 Å². The standard InChI is InChI=1S/C14H27N3O2/c15-12-4-6-17(7-5-12)10-14(19)16-9-11-2-1-3-13(18)8-11/h11-13,18H,1-10,15H2,(H,16,19). The zero-order chi connectivity index (χ0) is 13.7. The number of carbonyl (C=O) groups excluding carboxylic acids is 1. The highest BCUT2D eigenvalue weighted by Gasteiger charge is 2.22. The van der Waals surface area contributed by atoms with E-state index in [1.807, 2.05) is 0 Å². The van der Waals surface area contributed by atoms with Gasteiger partial charge in [-0.3, -0.25) is 9.69 Å². The van der Waals surface area contributed by atoms with Crippen LogP contribution < -0.4 is 11.1 Å². The average molecular weight is 269 g/mol. The van der Waals surface area contributed by atoms with Crippen molar-refractivity contribution in [2.24, 2.45) is 11.7 Å². The third-order valence-electron chi connectivity index (χ3n) is 4.34. The molecule has 2 atom stereocenters. The molecule has 1 aliphatic heterocycles. The summed E-state index contributed by atoms with van der Waals surface area (Å²) in [7, 11) is 0. The molecule has 1 saturated heterocycles. The molecule has 1 saturated carbocycles. The highest BCUT2D eigenvalue weighted by atomic mass is 16.3. The molecule has 19 heavy (non-hydrogen) atoms. The van der Waals surface area contributed by atoms with Crippen LogP contribution in [0.4, 0.5) is 0 Å². The normalized spacial score (nSPS) is 30.2. The van der Waals surface area contributed by atoms with Crippen LogP contribution in [0.5, 0.6) is 0 Å². The van der Waals surface area contributed by atoms with E-state index in [1.54, 1.807) is 0 Å². The first-order valence-corrected chi connectivity index (χ1v) is 7.56. The number of hydrogen-bond donors (Lipinski definition) is 3. The van der Waals surface area contributed by atoms with Crippen LogP contribution in [0.2, 0.25) is 0 Å². The number of carbonyl (C=O) groups is 1. The highest BCUT2D eigenvalue weighted by Crippen LogP contribution is 2.23. The van der Waals surface area contributed by atoms with Crippen molar-refractivity contribution in [2.75, 3.05) is 26.2 Å². The van der Waals surface area contributed by atoms with E-state index in [2.05, 4.69) is 10.2 Å². The molecule has 2 fully saturated rings. The third-order valence-corrected chi connectivity index (χ3v) is 4.34. The maximum atomic E-state index is 11.9. The number of nitrogens with two attached hydrogens (primary N) is 1.